The lowest BCUT2D eigenvalue weighted by Crippen LogP contribution is -2.30. The molecule has 0 saturated heterocycles. The summed E-state index contributed by atoms with van der Waals surface area (Å²) in [6, 6.07) is 7.85. The molecular formula is C14H17ClN2O. The molecule has 3 nitrogen and oxygen atoms in total. The van der Waals surface area contributed by atoms with Gasteiger partial charge in [-0.1, -0.05) is 37.6 Å². The van der Waals surface area contributed by atoms with Gasteiger partial charge in [-0.2, -0.15) is 0 Å². The molecule has 0 bridgehead atoms. The van der Waals surface area contributed by atoms with Gasteiger partial charge in [0.05, 0.1) is 11.1 Å². The lowest BCUT2D eigenvalue weighted by Gasteiger charge is -2.14. The summed E-state index contributed by atoms with van der Waals surface area (Å²) in [5.74, 6) is 7.07. The number of hydrogen-bond donors (Lipinski definition) is 2. The van der Waals surface area contributed by atoms with Gasteiger partial charge in [-0.3, -0.25) is 5.84 Å². The number of fused-ring (bicyclic) bond motifs is 1. The van der Waals surface area contributed by atoms with Gasteiger partial charge in [0.2, 0.25) is 0 Å². The zero-order valence-electron chi connectivity index (χ0n) is 10.5. The SMILES string of the molecule is CC1(C)CC1C(NN)c1cc2cccc(Cl)c2o1. The van der Waals surface area contributed by atoms with E-state index in [1.165, 1.54) is 0 Å². The minimum atomic E-state index is 0.0588. The molecule has 4 heteroatoms. The number of rotatable bonds is 3. The first-order valence-corrected chi connectivity index (χ1v) is 6.55. The average Bonchev–Trinajstić information content (AvgIpc) is 2.76. The fourth-order valence-corrected chi connectivity index (χ4v) is 2.89. The van der Waals surface area contributed by atoms with Crippen LogP contribution in [-0.4, -0.2) is 0 Å². The van der Waals surface area contributed by atoms with Gasteiger partial charge in [-0.05, 0) is 29.9 Å². The lowest BCUT2D eigenvalue weighted by atomic mass is 10.0. The molecule has 1 saturated carbocycles. The zero-order valence-corrected chi connectivity index (χ0v) is 11.3. The second-order valence-corrected chi connectivity index (χ2v) is 6.16. The van der Waals surface area contributed by atoms with E-state index in [1.54, 1.807) is 0 Å². The zero-order chi connectivity index (χ0) is 12.9. The maximum atomic E-state index is 6.12. The van der Waals surface area contributed by atoms with Crippen LogP contribution in [0.1, 0.15) is 32.1 Å². The van der Waals surface area contributed by atoms with Gasteiger partial charge >= 0.3 is 0 Å². The highest BCUT2D eigenvalue weighted by atomic mass is 35.5. The van der Waals surface area contributed by atoms with E-state index in [0.29, 0.717) is 16.4 Å². The number of halogens is 1. The first kappa shape index (κ1) is 12.0. The Morgan fingerprint density at radius 2 is 2.22 bits per heavy atom. The maximum Gasteiger partial charge on any atom is 0.152 e. The van der Waals surface area contributed by atoms with Gasteiger partial charge < -0.3 is 4.42 Å². The summed E-state index contributed by atoms with van der Waals surface area (Å²) in [5, 5.41) is 1.67. The Hall–Kier alpha value is -1.03. The van der Waals surface area contributed by atoms with Crippen molar-refractivity contribution in [3.63, 3.8) is 0 Å². The molecule has 1 aliphatic rings. The molecule has 0 radical (unpaired) electrons. The van der Waals surface area contributed by atoms with Crippen LogP contribution in [0.3, 0.4) is 0 Å². The Morgan fingerprint density at radius 3 is 2.78 bits per heavy atom. The van der Waals surface area contributed by atoms with Crippen molar-refractivity contribution in [3.05, 3.63) is 35.0 Å². The van der Waals surface area contributed by atoms with Crippen LogP contribution in [0.25, 0.3) is 11.0 Å². The normalized spacial score (nSPS) is 23.2. The summed E-state index contributed by atoms with van der Waals surface area (Å²) < 4.78 is 5.87. The van der Waals surface area contributed by atoms with Crippen molar-refractivity contribution in [2.75, 3.05) is 0 Å². The predicted octanol–water partition coefficient (Wildman–Crippen LogP) is 3.64. The van der Waals surface area contributed by atoms with E-state index in [9.17, 15) is 0 Å². The van der Waals surface area contributed by atoms with Crippen LogP contribution in [0, 0.1) is 11.3 Å². The summed E-state index contributed by atoms with van der Waals surface area (Å²) in [6.45, 7) is 4.50. The van der Waals surface area contributed by atoms with Crippen LogP contribution in [0.4, 0.5) is 0 Å². The van der Waals surface area contributed by atoms with Crippen LogP contribution in [0.15, 0.2) is 28.7 Å². The standard InChI is InChI=1S/C14H17ClN2O/c1-14(2)7-9(14)12(17-16)11-6-8-4-3-5-10(15)13(8)18-11/h3-6,9,12,17H,7,16H2,1-2H3. The first-order valence-electron chi connectivity index (χ1n) is 6.17. The van der Waals surface area contributed by atoms with Gasteiger partial charge in [0, 0.05) is 5.39 Å². The van der Waals surface area contributed by atoms with Crippen molar-refractivity contribution in [1.82, 2.24) is 5.43 Å². The summed E-state index contributed by atoms with van der Waals surface area (Å²) in [5.41, 5.74) is 3.96. The van der Waals surface area contributed by atoms with Crippen LogP contribution < -0.4 is 11.3 Å². The Morgan fingerprint density at radius 1 is 1.50 bits per heavy atom. The molecule has 1 aromatic heterocycles. The third-order valence-corrected chi connectivity index (χ3v) is 4.29. The number of furan rings is 1. The quantitative estimate of drug-likeness (QED) is 0.657. The lowest BCUT2D eigenvalue weighted by molar-refractivity contribution is 0.363. The summed E-state index contributed by atoms with van der Waals surface area (Å²) >= 11 is 6.12. The molecular weight excluding hydrogens is 248 g/mol. The molecule has 1 fully saturated rings. The van der Waals surface area contributed by atoms with Crippen LogP contribution in [0.2, 0.25) is 5.02 Å². The molecule has 1 aromatic carbocycles. The van der Waals surface area contributed by atoms with Crippen LogP contribution in [-0.2, 0) is 0 Å². The largest absolute Gasteiger partial charge is 0.458 e. The summed E-state index contributed by atoms with van der Waals surface area (Å²) in [4.78, 5) is 0. The van der Waals surface area contributed by atoms with Gasteiger partial charge in [0.25, 0.3) is 0 Å². The molecule has 3 N–H and O–H groups in total. The van der Waals surface area contributed by atoms with E-state index < -0.39 is 0 Å². The number of hydrogen-bond acceptors (Lipinski definition) is 3. The van der Waals surface area contributed by atoms with E-state index in [-0.39, 0.29) is 6.04 Å². The molecule has 2 unspecified atom stereocenters. The molecule has 0 spiro atoms. The van der Waals surface area contributed by atoms with Crippen molar-refractivity contribution >= 4 is 22.6 Å². The summed E-state index contributed by atoms with van der Waals surface area (Å²) in [6.07, 6.45) is 1.16. The number of nitrogens with one attached hydrogen (secondary N) is 1. The van der Waals surface area contributed by atoms with Crippen molar-refractivity contribution in [2.24, 2.45) is 17.2 Å². The Balaban J connectivity index is 2.01. The first-order chi connectivity index (χ1) is 8.53. The monoisotopic (exact) mass is 264 g/mol. The minimum absolute atomic E-state index is 0.0588. The second kappa shape index (κ2) is 3.98. The Kier molecular flexibility index (Phi) is 2.66. The molecule has 1 aliphatic carbocycles. The van der Waals surface area contributed by atoms with E-state index in [2.05, 4.69) is 19.3 Å². The van der Waals surface area contributed by atoms with Crippen molar-refractivity contribution < 1.29 is 4.42 Å². The van der Waals surface area contributed by atoms with E-state index in [4.69, 9.17) is 21.9 Å². The van der Waals surface area contributed by atoms with E-state index in [0.717, 1.165) is 23.2 Å². The van der Waals surface area contributed by atoms with Gasteiger partial charge in [0.15, 0.2) is 5.58 Å². The Labute approximate surface area is 111 Å². The van der Waals surface area contributed by atoms with Gasteiger partial charge in [-0.25, -0.2) is 5.43 Å². The number of nitrogens with two attached hydrogens (primary N) is 1. The van der Waals surface area contributed by atoms with Crippen molar-refractivity contribution in [2.45, 2.75) is 26.3 Å². The highest BCUT2D eigenvalue weighted by molar-refractivity contribution is 6.34. The third kappa shape index (κ3) is 1.83. The molecule has 2 atom stereocenters. The maximum absolute atomic E-state index is 6.12. The van der Waals surface area contributed by atoms with Gasteiger partial charge in [-0.15, -0.1) is 0 Å². The predicted molar refractivity (Wildman–Crippen MR) is 73.2 cm³/mol. The van der Waals surface area contributed by atoms with Crippen LogP contribution >= 0.6 is 11.6 Å². The van der Waals surface area contributed by atoms with Crippen molar-refractivity contribution in [1.29, 1.82) is 0 Å². The molecule has 1 heterocycles. The molecule has 2 aromatic rings. The topological polar surface area (TPSA) is 51.2 Å². The second-order valence-electron chi connectivity index (χ2n) is 5.75. The molecule has 0 aliphatic heterocycles. The fraction of sp³-hybridized carbons (Fsp3) is 0.429. The van der Waals surface area contributed by atoms with Gasteiger partial charge in [0.1, 0.15) is 5.76 Å². The number of benzene rings is 1. The highest BCUT2D eigenvalue weighted by Gasteiger charge is 2.51. The number of hydrazine groups is 1. The molecule has 3 rings (SSSR count). The highest BCUT2D eigenvalue weighted by Crippen LogP contribution is 2.57. The minimum Gasteiger partial charge on any atom is -0.458 e. The number of para-hydroxylation sites is 1. The third-order valence-electron chi connectivity index (χ3n) is 3.99. The molecule has 0 amide bonds. The smallest absolute Gasteiger partial charge is 0.152 e. The average molecular weight is 265 g/mol. The van der Waals surface area contributed by atoms with Crippen molar-refractivity contribution in [3.8, 4) is 0 Å². The van der Waals surface area contributed by atoms with E-state index >= 15 is 0 Å². The molecule has 18 heavy (non-hydrogen) atoms. The Bertz CT molecular complexity index is 590. The van der Waals surface area contributed by atoms with E-state index in [1.807, 2.05) is 24.3 Å². The molecule has 96 valence electrons. The van der Waals surface area contributed by atoms with Crippen LogP contribution in [0.5, 0.6) is 0 Å². The fourth-order valence-electron chi connectivity index (χ4n) is 2.67. The summed E-state index contributed by atoms with van der Waals surface area (Å²) in [7, 11) is 0.